The van der Waals surface area contributed by atoms with Gasteiger partial charge in [-0.15, -0.1) is 0 Å². The Morgan fingerprint density at radius 1 is 0.641 bits per heavy atom. The molecule has 9 heteroatoms. The first-order valence-electron chi connectivity index (χ1n) is 15.8. The van der Waals surface area contributed by atoms with Gasteiger partial charge < -0.3 is 28.5 Å². The van der Waals surface area contributed by atoms with Gasteiger partial charge in [-0.1, -0.05) is 103 Å². The second-order valence-electron chi connectivity index (χ2n) is 12.1. The molecule has 0 amide bonds. The van der Waals surface area contributed by atoms with Gasteiger partial charge in [-0.25, -0.2) is 4.57 Å². The number of methoxy groups -OCH3 is 1. The summed E-state index contributed by atoms with van der Waals surface area (Å²) in [5.74, 6) is 0.116. The van der Waals surface area contributed by atoms with Crippen molar-refractivity contribution < 1.29 is 37.6 Å². The van der Waals surface area contributed by atoms with Crippen LogP contribution in [0.25, 0.3) is 0 Å². The molecule has 0 rings (SSSR count). The standard InChI is InChI=1S/C30H64NO7P/c1-6-7-8-9-10-11-12-13-14-15-16-17-18-19-20-21-22-36-26-29(27-37-24-23-35-5)25-30(31(2,3)4)28-38-39(32,33)34/h29-30H,6-28H2,1-5H3,(H-,32,33,34)/p+1. The van der Waals surface area contributed by atoms with E-state index in [2.05, 4.69) is 6.92 Å². The molecule has 0 bridgehead atoms. The van der Waals surface area contributed by atoms with Crippen LogP contribution in [0.3, 0.4) is 0 Å². The summed E-state index contributed by atoms with van der Waals surface area (Å²) >= 11 is 0. The van der Waals surface area contributed by atoms with Gasteiger partial charge in [-0.2, -0.15) is 0 Å². The Hall–Kier alpha value is -0.0500. The molecular weight excluding hydrogens is 517 g/mol. The Bertz CT molecular complexity index is 568. The second-order valence-corrected chi connectivity index (χ2v) is 13.3. The zero-order valence-electron chi connectivity index (χ0n) is 26.2. The van der Waals surface area contributed by atoms with Crippen molar-refractivity contribution in [2.24, 2.45) is 5.92 Å². The fourth-order valence-corrected chi connectivity index (χ4v) is 5.12. The molecule has 2 atom stereocenters. The van der Waals surface area contributed by atoms with Crippen molar-refractivity contribution in [2.45, 2.75) is 122 Å². The lowest BCUT2D eigenvalue weighted by Crippen LogP contribution is -2.49. The summed E-state index contributed by atoms with van der Waals surface area (Å²) in [5, 5.41) is 0. The summed E-state index contributed by atoms with van der Waals surface area (Å²) in [6, 6.07) is -0.0900. The lowest BCUT2D eigenvalue weighted by Gasteiger charge is -2.36. The molecule has 2 N–H and O–H groups in total. The maximum Gasteiger partial charge on any atom is 0.469 e. The monoisotopic (exact) mass is 582 g/mol. The molecule has 0 aliphatic carbocycles. The number of quaternary nitrogens is 1. The van der Waals surface area contributed by atoms with Crippen molar-refractivity contribution in [3.63, 3.8) is 0 Å². The zero-order chi connectivity index (χ0) is 29.2. The predicted octanol–water partition coefficient (Wildman–Crippen LogP) is 7.12. The van der Waals surface area contributed by atoms with Crippen LogP contribution in [0.2, 0.25) is 0 Å². The van der Waals surface area contributed by atoms with E-state index in [-0.39, 0.29) is 18.6 Å². The van der Waals surface area contributed by atoms with Gasteiger partial charge in [0.1, 0.15) is 12.6 Å². The van der Waals surface area contributed by atoms with E-state index in [0.717, 1.165) is 13.0 Å². The number of phosphoric ester groups is 1. The summed E-state index contributed by atoms with van der Waals surface area (Å²) in [6.45, 7) is 5.14. The molecule has 0 aromatic carbocycles. The Morgan fingerprint density at radius 3 is 1.49 bits per heavy atom. The molecule has 0 saturated carbocycles. The van der Waals surface area contributed by atoms with Crippen LogP contribution in [0.1, 0.15) is 116 Å². The lowest BCUT2D eigenvalue weighted by atomic mass is 10.00. The minimum atomic E-state index is -4.51. The fraction of sp³-hybridized carbons (Fsp3) is 1.00. The Balaban J connectivity index is 4.00. The number of nitrogens with zero attached hydrogens (tertiary/aromatic N) is 1. The molecule has 0 heterocycles. The number of ether oxygens (including phenoxy) is 3. The van der Waals surface area contributed by atoms with E-state index in [1.165, 1.54) is 96.3 Å². The Labute approximate surface area is 241 Å². The summed E-state index contributed by atoms with van der Waals surface area (Å²) < 4.78 is 33.5. The molecule has 2 unspecified atom stereocenters. The molecule has 0 aliphatic rings. The van der Waals surface area contributed by atoms with Crippen LogP contribution in [0.5, 0.6) is 0 Å². The second kappa shape index (κ2) is 25.6. The van der Waals surface area contributed by atoms with Crippen LogP contribution < -0.4 is 0 Å². The van der Waals surface area contributed by atoms with E-state index in [1.807, 2.05) is 21.1 Å². The summed E-state index contributed by atoms with van der Waals surface area (Å²) in [6.07, 6.45) is 22.3. The van der Waals surface area contributed by atoms with Gasteiger partial charge >= 0.3 is 7.82 Å². The smallest absolute Gasteiger partial charge is 0.382 e. The number of hydrogen-bond acceptors (Lipinski definition) is 5. The molecule has 0 fully saturated rings. The maximum absolute atomic E-state index is 11.2. The van der Waals surface area contributed by atoms with E-state index in [4.69, 9.17) is 28.5 Å². The van der Waals surface area contributed by atoms with Crippen LogP contribution in [0, 0.1) is 5.92 Å². The van der Waals surface area contributed by atoms with Gasteiger partial charge in [-0.05, 0) is 6.42 Å². The summed E-state index contributed by atoms with van der Waals surface area (Å²) in [5.41, 5.74) is 0. The number of unbranched alkanes of at least 4 members (excludes halogenated alkanes) is 15. The average Bonchev–Trinajstić information content (AvgIpc) is 2.86. The van der Waals surface area contributed by atoms with E-state index in [1.54, 1.807) is 7.11 Å². The Kier molecular flexibility index (Phi) is 25.6. The van der Waals surface area contributed by atoms with Crippen molar-refractivity contribution in [1.82, 2.24) is 0 Å². The number of likely N-dealkylation sites (N-methyl/N-ethyl adjacent to an activating group) is 1. The fourth-order valence-electron chi connectivity index (χ4n) is 4.75. The third-order valence-electron chi connectivity index (χ3n) is 7.42. The lowest BCUT2D eigenvalue weighted by molar-refractivity contribution is -0.897. The normalized spacial score (nSPS) is 14.1. The van der Waals surface area contributed by atoms with E-state index in [0.29, 0.717) is 37.3 Å². The third-order valence-corrected chi connectivity index (χ3v) is 7.90. The largest absolute Gasteiger partial charge is 0.469 e. The predicted molar refractivity (Wildman–Crippen MR) is 161 cm³/mol. The number of rotatable bonds is 30. The molecule has 0 radical (unpaired) electrons. The van der Waals surface area contributed by atoms with E-state index < -0.39 is 7.82 Å². The van der Waals surface area contributed by atoms with Crippen molar-refractivity contribution in [1.29, 1.82) is 0 Å². The van der Waals surface area contributed by atoms with Gasteiger partial charge in [0.25, 0.3) is 0 Å². The zero-order valence-corrected chi connectivity index (χ0v) is 27.1. The van der Waals surface area contributed by atoms with Crippen molar-refractivity contribution in [3.05, 3.63) is 0 Å². The van der Waals surface area contributed by atoms with Crippen LogP contribution >= 0.6 is 7.82 Å². The van der Waals surface area contributed by atoms with Crippen LogP contribution in [-0.4, -0.2) is 88.2 Å². The highest BCUT2D eigenvalue weighted by atomic mass is 31.2. The molecule has 0 saturated heterocycles. The molecule has 236 valence electrons. The summed E-state index contributed by atoms with van der Waals surface area (Å²) in [4.78, 5) is 18.3. The molecule has 39 heavy (non-hydrogen) atoms. The SMILES string of the molecule is CCCCCCCCCCCCCCCCCCOCC(COCCOC)CC(COP(=O)(O)O)[N+](C)(C)C. The number of phosphoric acid groups is 1. The highest BCUT2D eigenvalue weighted by molar-refractivity contribution is 7.46. The molecule has 0 spiro atoms. The molecule has 0 aromatic rings. The van der Waals surface area contributed by atoms with Crippen LogP contribution in [0.4, 0.5) is 0 Å². The highest BCUT2D eigenvalue weighted by Crippen LogP contribution is 2.36. The van der Waals surface area contributed by atoms with Gasteiger partial charge in [0.05, 0.1) is 47.6 Å². The molecule has 8 nitrogen and oxygen atoms in total. The quantitative estimate of drug-likeness (QED) is 0.0529. The summed E-state index contributed by atoms with van der Waals surface area (Å²) in [7, 11) is 3.16. The third kappa shape index (κ3) is 27.9. The average molecular weight is 583 g/mol. The molecule has 0 aromatic heterocycles. The maximum atomic E-state index is 11.2. The first kappa shape index (κ1) is 39.0. The minimum Gasteiger partial charge on any atom is -0.382 e. The number of hydrogen-bond donors (Lipinski definition) is 2. The van der Waals surface area contributed by atoms with Crippen molar-refractivity contribution >= 4 is 7.82 Å². The van der Waals surface area contributed by atoms with Gasteiger partial charge in [0, 0.05) is 26.1 Å². The Morgan fingerprint density at radius 2 is 1.08 bits per heavy atom. The minimum absolute atomic E-state index is 0.0124. The van der Waals surface area contributed by atoms with E-state index >= 15 is 0 Å². The van der Waals surface area contributed by atoms with Crippen molar-refractivity contribution in [3.8, 4) is 0 Å². The topological polar surface area (TPSA) is 94.5 Å². The first-order valence-corrected chi connectivity index (χ1v) is 17.3. The van der Waals surface area contributed by atoms with Crippen LogP contribution in [-0.2, 0) is 23.3 Å². The highest BCUT2D eigenvalue weighted by Gasteiger charge is 2.30. The molecule has 0 aliphatic heterocycles. The van der Waals surface area contributed by atoms with Crippen molar-refractivity contribution in [2.75, 3.05) is 67.9 Å². The van der Waals surface area contributed by atoms with Gasteiger partial charge in [-0.3, -0.25) is 4.52 Å². The van der Waals surface area contributed by atoms with Gasteiger partial charge in [0.15, 0.2) is 0 Å². The first-order chi connectivity index (χ1) is 18.6. The van der Waals surface area contributed by atoms with Crippen LogP contribution in [0.15, 0.2) is 0 Å². The molecular formula is C30H65NO7P+. The van der Waals surface area contributed by atoms with E-state index in [9.17, 15) is 4.57 Å². The van der Waals surface area contributed by atoms with Gasteiger partial charge in [0.2, 0.25) is 0 Å².